The number of hydrogen-bond acceptors (Lipinski definition) is 4. The molecular weight excluding hydrogens is 244 g/mol. The Balaban J connectivity index is 2.52. The summed E-state index contributed by atoms with van der Waals surface area (Å²) >= 11 is 0. The highest BCUT2D eigenvalue weighted by molar-refractivity contribution is 5.89. The molecule has 1 rings (SSSR count). The molecule has 6 nitrogen and oxygen atoms in total. The Morgan fingerprint density at radius 1 is 1.42 bits per heavy atom. The lowest BCUT2D eigenvalue weighted by Gasteiger charge is -2.19. The summed E-state index contributed by atoms with van der Waals surface area (Å²) in [4.78, 5) is 17.8. The maximum atomic E-state index is 11.7. The number of carbonyl (C=O) groups excluding carboxylic acids is 1. The molecule has 2 amide bonds. The molecule has 0 aliphatic rings. The van der Waals surface area contributed by atoms with E-state index in [1.807, 2.05) is 38.9 Å². The molecule has 2 atom stereocenters. The van der Waals surface area contributed by atoms with Crippen LogP contribution in [-0.2, 0) is 0 Å². The van der Waals surface area contributed by atoms with Gasteiger partial charge in [0.05, 0.1) is 11.9 Å². The number of nitrogens with zero attached hydrogens (tertiary/aromatic N) is 2. The van der Waals surface area contributed by atoms with Crippen LogP contribution in [0.5, 0.6) is 0 Å². The predicted octanol–water partition coefficient (Wildman–Crippen LogP) is 1.29. The molecule has 0 bridgehead atoms. The smallest absolute Gasteiger partial charge is 0.319 e. The van der Waals surface area contributed by atoms with E-state index in [4.69, 9.17) is 5.11 Å². The van der Waals surface area contributed by atoms with Crippen LogP contribution in [0, 0.1) is 5.92 Å². The molecule has 0 aromatic carbocycles. The van der Waals surface area contributed by atoms with Crippen LogP contribution in [0.25, 0.3) is 0 Å². The van der Waals surface area contributed by atoms with Crippen molar-refractivity contribution in [2.75, 3.05) is 30.9 Å². The highest BCUT2D eigenvalue weighted by atomic mass is 16.3. The summed E-state index contributed by atoms with van der Waals surface area (Å²) in [6, 6.07) is 3.23. The van der Waals surface area contributed by atoms with Crippen molar-refractivity contribution in [2.45, 2.75) is 19.9 Å². The molecule has 3 N–H and O–H groups in total. The maximum absolute atomic E-state index is 11.7. The van der Waals surface area contributed by atoms with E-state index in [-0.39, 0.29) is 24.6 Å². The molecular formula is C13H22N4O2. The van der Waals surface area contributed by atoms with Gasteiger partial charge in [-0.25, -0.2) is 9.78 Å². The first kappa shape index (κ1) is 15.2. The highest BCUT2D eigenvalue weighted by Gasteiger charge is 2.13. The molecule has 1 aromatic heterocycles. The molecule has 0 saturated carbocycles. The number of amides is 2. The maximum Gasteiger partial charge on any atom is 0.319 e. The number of aromatic nitrogens is 1. The first-order chi connectivity index (χ1) is 8.93. The van der Waals surface area contributed by atoms with Gasteiger partial charge in [0.2, 0.25) is 0 Å². The van der Waals surface area contributed by atoms with E-state index in [9.17, 15) is 4.79 Å². The number of pyridine rings is 1. The van der Waals surface area contributed by atoms with Crippen molar-refractivity contribution in [3.8, 4) is 0 Å². The fourth-order valence-electron chi connectivity index (χ4n) is 1.40. The van der Waals surface area contributed by atoms with Gasteiger partial charge in [-0.15, -0.1) is 0 Å². The molecule has 106 valence electrons. The van der Waals surface area contributed by atoms with Crippen molar-refractivity contribution < 1.29 is 9.90 Å². The van der Waals surface area contributed by atoms with Gasteiger partial charge in [0.25, 0.3) is 0 Å². The number of hydrogen-bond donors (Lipinski definition) is 3. The Morgan fingerprint density at radius 3 is 2.58 bits per heavy atom. The summed E-state index contributed by atoms with van der Waals surface area (Å²) in [5.74, 6) is 0.841. The lowest BCUT2D eigenvalue weighted by atomic mass is 10.1. The summed E-state index contributed by atoms with van der Waals surface area (Å²) in [7, 11) is 3.81. The fraction of sp³-hybridized carbons (Fsp3) is 0.538. The fourth-order valence-corrected chi connectivity index (χ4v) is 1.40. The van der Waals surface area contributed by atoms with Crippen LogP contribution in [0.2, 0.25) is 0 Å². The first-order valence-corrected chi connectivity index (χ1v) is 6.25. The normalized spacial score (nSPS) is 13.5. The van der Waals surface area contributed by atoms with Crippen molar-refractivity contribution in [1.29, 1.82) is 0 Å². The van der Waals surface area contributed by atoms with Crippen LogP contribution in [0.4, 0.5) is 16.3 Å². The Labute approximate surface area is 113 Å². The van der Waals surface area contributed by atoms with Crippen LogP contribution in [0.3, 0.4) is 0 Å². The highest BCUT2D eigenvalue weighted by Crippen LogP contribution is 2.11. The summed E-state index contributed by atoms with van der Waals surface area (Å²) < 4.78 is 0. The third-order valence-corrected chi connectivity index (χ3v) is 2.96. The van der Waals surface area contributed by atoms with Crippen molar-refractivity contribution in [3.63, 3.8) is 0 Å². The van der Waals surface area contributed by atoms with E-state index in [1.165, 1.54) is 0 Å². The topological polar surface area (TPSA) is 77.5 Å². The zero-order chi connectivity index (χ0) is 14.4. The Morgan fingerprint density at radius 2 is 2.11 bits per heavy atom. The van der Waals surface area contributed by atoms with Gasteiger partial charge in [-0.05, 0) is 25.0 Å². The molecule has 6 heteroatoms. The minimum atomic E-state index is -0.299. The first-order valence-electron chi connectivity index (χ1n) is 6.25. The number of aliphatic hydroxyl groups is 1. The summed E-state index contributed by atoms with van der Waals surface area (Å²) in [6.07, 6.45) is 1.61. The van der Waals surface area contributed by atoms with Crippen LogP contribution in [-0.4, -0.2) is 42.9 Å². The van der Waals surface area contributed by atoms with E-state index in [1.54, 1.807) is 12.3 Å². The van der Waals surface area contributed by atoms with Gasteiger partial charge in [0.1, 0.15) is 5.82 Å². The lowest BCUT2D eigenvalue weighted by Crippen LogP contribution is -2.40. The number of rotatable bonds is 5. The summed E-state index contributed by atoms with van der Waals surface area (Å²) in [5.41, 5.74) is 0.631. The SMILES string of the molecule is CC(CO)C(C)NC(=O)Nc1ccc(N(C)C)nc1. The van der Waals surface area contributed by atoms with Crippen LogP contribution in [0.1, 0.15) is 13.8 Å². The quantitative estimate of drug-likeness (QED) is 0.750. The summed E-state index contributed by atoms with van der Waals surface area (Å²) in [5, 5.41) is 14.5. The molecule has 2 unspecified atom stereocenters. The third-order valence-electron chi connectivity index (χ3n) is 2.96. The third kappa shape index (κ3) is 4.75. The molecule has 0 fully saturated rings. The van der Waals surface area contributed by atoms with Crippen molar-refractivity contribution in [1.82, 2.24) is 10.3 Å². The Kier molecular flexibility index (Phi) is 5.57. The number of carbonyl (C=O) groups is 1. The average molecular weight is 266 g/mol. The molecule has 0 spiro atoms. The second kappa shape index (κ2) is 6.94. The Bertz CT molecular complexity index is 406. The zero-order valence-electron chi connectivity index (χ0n) is 11.8. The largest absolute Gasteiger partial charge is 0.396 e. The van der Waals surface area contributed by atoms with Gasteiger partial charge >= 0.3 is 6.03 Å². The van der Waals surface area contributed by atoms with Gasteiger partial charge in [-0.2, -0.15) is 0 Å². The second-order valence-corrected chi connectivity index (χ2v) is 4.85. The predicted molar refractivity (Wildman–Crippen MR) is 76.4 cm³/mol. The van der Waals surface area contributed by atoms with E-state index < -0.39 is 0 Å². The monoisotopic (exact) mass is 266 g/mol. The molecule has 19 heavy (non-hydrogen) atoms. The van der Waals surface area contributed by atoms with E-state index in [0.29, 0.717) is 5.69 Å². The van der Waals surface area contributed by atoms with Gasteiger partial charge in [0, 0.05) is 26.7 Å². The molecule has 0 aliphatic carbocycles. The second-order valence-electron chi connectivity index (χ2n) is 4.85. The zero-order valence-corrected chi connectivity index (χ0v) is 11.8. The minimum absolute atomic E-state index is 0.0139. The van der Waals surface area contributed by atoms with Gasteiger partial charge in [-0.1, -0.05) is 6.92 Å². The van der Waals surface area contributed by atoms with Gasteiger partial charge in [0.15, 0.2) is 0 Å². The van der Waals surface area contributed by atoms with Gasteiger partial charge in [-0.3, -0.25) is 0 Å². The number of nitrogens with one attached hydrogen (secondary N) is 2. The van der Waals surface area contributed by atoms with Crippen LogP contribution >= 0.6 is 0 Å². The average Bonchev–Trinajstić information content (AvgIpc) is 2.38. The van der Waals surface area contributed by atoms with Gasteiger partial charge < -0.3 is 20.6 Å². The van der Waals surface area contributed by atoms with Crippen molar-refractivity contribution in [2.24, 2.45) is 5.92 Å². The number of urea groups is 1. The molecule has 0 saturated heterocycles. The number of aliphatic hydroxyl groups excluding tert-OH is 1. The van der Waals surface area contributed by atoms with Crippen LogP contribution < -0.4 is 15.5 Å². The van der Waals surface area contributed by atoms with E-state index >= 15 is 0 Å². The lowest BCUT2D eigenvalue weighted by molar-refractivity contribution is 0.204. The summed E-state index contributed by atoms with van der Waals surface area (Å²) in [6.45, 7) is 3.77. The molecule has 1 heterocycles. The van der Waals surface area contributed by atoms with Crippen molar-refractivity contribution in [3.05, 3.63) is 18.3 Å². The minimum Gasteiger partial charge on any atom is -0.396 e. The molecule has 0 radical (unpaired) electrons. The van der Waals surface area contributed by atoms with Crippen LogP contribution in [0.15, 0.2) is 18.3 Å². The van der Waals surface area contributed by atoms with E-state index in [2.05, 4.69) is 15.6 Å². The van der Waals surface area contributed by atoms with Crippen molar-refractivity contribution >= 4 is 17.5 Å². The standard InChI is InChI=1S/C13H22N4O2/c1-9(8-18)10(2)15-13(19)16-11-5-6-12(14-7-11)17(3)4/h5-7,9-10,18H,8H2,1-4H3,(H2,15,16,19). The molecule has 1 aromatic rings. The number of anilines is 2. The van der Waals surface area contributed by atoms with E-state index in [0.717, 1.165) is 5.82 Å². The Hall–Kier alpha value is -1.82. The molecule has 0 aliphatic heterocycles.